The first-order valence-electron chi connectivity index (χ1n) is 10.2. The van der Waals surface area contributed by atoms with Gasteiger partial charge in [0.05, 0.1) is 12.7 Å². The number of methoxy groups -OCH3 is 1. The Morgan fingerprint density at radius 3 is 2.56 bits per heavy atom. The molecule has 0 radical (unpaired) electrons. The zero-order valence-corrected chi connectivity index (χ0v) is 17.5. The molecular weight excluding hydrogens is 428 g/mol. The third kappa shape index (κ3) is 5.77. The number of carbonyl (C=O) groups excluding carboxylic acids is 2. The molecule has 172 valence electrons. The average molecular weight is 452 g/mol. The number of alkyl halides is 3. The maximum atomic E-state index is 14.4. The number of hydrogen-bond acceptors (Lipinski definition) is 3. The number of benzene rings is 2. The number of hydrogen-bond donors (Lipinski definition) is 2. The van der Waals surface area contributed by atoms with Crippen LogP contribution in [-0.4, -0.2) is 24.5 Å². The van der Waals surface area contributed by atoms with E-state index in [4.69, 9.17) is 4.74 Å². The molecule has 3 rings (SSSR count). The van der Waals surface area contributed by atoms with Crippen molar-refractivity contribution >= 4 is 11.8 Å². The second kappa shape index (κ2) is 9.58. The molecule has 1 fully saturated rings. The molecule has 2 aromatic rings. The van der Waals surface area contributed by atoms with Gasteiger partial charge in [-0.3, -0.25) is 9.59 Å². The van der Waals surface area contributed by atoms with E-state index in [-0.39, 0.29) is 43.7 Å². The van der Waals surface area contributed by atoms with Gasteiger partial charge < -0.3 is 15.4 Å². The smallest absolute Gasteiger partial charge is 0.416 e. The van der Waals surface area contributed by atoms with Crippen LogP contribution in [0, 0.1) is 5.82 Å². The van der Waals surface area contributed by atoms with Crippen molar-refractivity contribution in [2.45, 2.75) is 50.4 Å². The van der Waals surface area contributed by atoms with Gasteiger partial charge >= 0.3 is 6.18 Å². The predicted molar refractivity (Wildman–Crippen MR) is 109 cm³/mol. The van der Waals surface area contributed by atoms with Crippen molar-refractivity contribution in [2.24, 2.45) is 0 Å². The molecule has 1 heterocycles. The molecule has 2 aromatic carbocycles. The summed E-state index contributed by atoms with van der Waals surface area (Å²) < 4.78 is 58.8. The molecule has 32 heavy (non-hydrogen) atoms. The molecule has 1 saturated heterocycles. The summed E-state index contributed by atoms with van der Waals surface area (Å²) in [6.45, 7) is -0.263. The van der Waals surface area contributed by atoms with Gasteiger partial charge in [-0.1, -0.05) is 24.3 Å². The van der Waals surface area contributed by atoms with Crippen molar-refractivity contribution in [1.29, 1.82) is 0 Å². The maximum Gasteiger partial charge on any atom is 0.416 e. The van der Waals surface area contributed by atoms with Crippen LogP contribution in [0.15, 0.2) is 42.5 Å². The van der Waals surface area contributed by atoms with Crippen molar-refractivity contribution in [3.05, 3.63) is 65.0 Å². The minimum atomic E-state index is -4.51. The third-order valence-electron chi connectivity index (χ3n) is 5.65. The van der Waals surface area contributed by atoms with Crippen LogP contribution >= 0.6 is 0 Å². The highest BCUT2D eigenvalue weighted by molar-refractivity contribution is 5.80. The van der Waals surface area contributed by atoms with Crippen molar-refractivity contribution in [3.63, 3.8) is 0 Å². The monoisotopic (exact) mass is 452 g/mol. The van der Waals surface area contributed by atoms with Gasteiger partial charge in [-0.25, -0.2) is 4.39 Å². The molecular formula is C23H24F4N2O3. The fourth-order valence-corrected chi connectivity index (χ4v) is 3.93. The van der Waals surface area contributed by atoms with Crippen LogP contribution in [0.25, 0.3) is 0 Å². The molecule has 0 unspecified atom stereocenters. The molecule has 9 heteroatoms. The van der Waals surface area contributed by atoms with Gasteiger partial charge in [0.1, 0.15) is 11.6 Å². The summed E-state index contributed by atoms with van der Waals surface area (Å²) in [6, 6.07) is 9.50. The molecule has 1 aliphatic heterocycles. The lowest BCUT2D eigenvalue weighted by atomic mass is 9.84. The van der Waals surface area contributed by atoms with E-state index in [0.717, 1.165) is 6.07 Å². The summed E-state index contributed by atoms with van der Waals surface area (Å²) in [4.78, 5) is 24.3. The third-order valence-corrected chi connectivity index (χ3v) is 5.65. The molecule has 2 amide bonds. The molecule has 0 saturated carbocycles. The van der Waals surface area contributed by atoms with Crippen LogP contribution in [0.1, 0.15) is 42.4 Å². The Labute approximate surface area is 183 Å². The summed E-state index contributed by atoms with van der Waals surface area (Å²) in [5, 5.41) is 5.38. The minimum absolute atomic E-state index is 0.0216. The Morgan fingerprint density at radius 1 is 1.19 bits per heavy atom. The highest BCUT2D eigenvalue weighted by atomic mass is 19.4. The average Bonchev–Trinajstić information content (AvgIpc) is 3.12. The van der Waals surface area contributed by atoms with E-state index < -0.39 is 29.0 Å². The Balaban J connectivity index is 1.64. The lowest BCUT2D eigenvalue weighted by Crippen LogP contribution is -2.44. The number of carbonyl (C=O) groups is 2. The highest BCUT2D eigenvalue weighted by Gasteiger charge is 2.38. The van der Waals surface area contributed by atoms with E-state index >= 15 is 0 Å². The van der Waals surface area contributed by atoms with Gasteiger partial charge in [-0.05, 0) is 42.5 Å². The first kappa shape index (κ1) is 23.6. The standard InChI is InChI=1S/C23H24F4N2O3/c1-32-17-7-6-15(19(24)12-17)13-22(11-9-21(31)29-22)10-8-20(30)28-14-16-4-2-3-5-18(16)23(25,26)27/h2-7,12H,8-11,13-14H2,1H3,(H,28,30)(H,29,31)/t22-/m0/s1. The van der Waals surface area contributed by atoms with Crippen LogP contribution in [0.4, 0.5) is 17.6 Å². The number of ether oxygens (including phenoxy) is 1. The molecule has 0 aliphatic carbocycles. The van der Waals surface area contributed by atoms with Gasteiger partial charge in [0.2, 0.25) is 11.8 Å². The van der Waals surface area contributed by atoms with E-state index in [1.165, 1.54) is 31.4 Å². The van der Waals surface area contributed by atoms with E-state index in [1.807, 2.05) is 0 Å². The predicted octanol–water partition coefficient (Wildman–Crippen LogP) is 4.14. The normalized spacial score (nSPS) is 18.3. The molecule has 5 nitrogen and oxygen atoms in total. The van der Waals surface area contributed by atoms with E-state index in [0.29, 0.717) is 17.7 Å². The Hall–Kier alpha value is -3.10. The number of halogens is 4. The Morgan fingerprint density at radius 2 is 1.94 bits per heavy atom. The summed E-state index contributed by atoms with van der Waals surface area (Å²) in [5.41, 5.74) is -1.24. The topological polar surface area (TPSA) is 67.4 Å². The molecule has 2 N–H and O–H groups in total. The zero-order valence-electron chi connectivity index (χ0n) is 17.5. The lowest BCUT2D eigenvalue weighted by Gasteiger charge is -2.29. The maximum absolute atomic E-state index is 14.4. The number of rotatable bonds is 8. The Kier molecular flexibility index (Phi) is 7.06. The number of nitrogens with one attached hydrogen (secondary N) is 2. The molecule has 0 bridgehead atoms. The summed E-state index contributed by atoms with van der Waals surface area (Å²) in [6.07, 6.45) is -3.41. The van der Waals surface area contributed by atoms with Crippen LogP contribution in [0.3, 0.4) is 0 Å². The second-order valence-electron chi connectivity index (χ2n) is 7.89. The van der Waals surface area contributed by atoms with E-state index in [2.05, 4.69) is 10.6 Å². The molecule has 1 atom stereocenters. The lowest BCUT2D eigenvalue weighted by molar-refractivity contribution is -0.138. The fourth-order valence-electron chi connectivity index (χ4n) is 3.93. The second-order valence-corrected chi connectivity index (χ2v) is 7.89. The molecule has 0 spiro atoms. The quantitative estimate of drug-likeness (QED) is 0.592. The van der Waals surface area contributed by atoms with Crippen LogP contribution in [-0.2, 0) is 28.7 Å². The Bertz CT molecular complexity index is 993. The highest BCUT2D eigenvalue weighted by Crippen LogP contribution is 2.33. The number of amides is 2. The first-order chi connectivity index (χ1) is 15.1. The van der Waals surface area contributed by atoms with Gasteiger partial charge in [0.15, 0.2) is 0 Å². The zero-order chi connectivity index (χ0) is 23.4. The summed E-state index contributed by atoms with van der Waals surface area (Å²) >= 11 is 0. The van der Waals surface area contributed by atoms with Gasteiger partial charge in [-0.15, -0.1) is 0 Å². The first-order valence-corrected chi connectivity index (χ1v) is 10.2. The fraction of sp³-hybridized carbons (Fsp3) is 0.391. The molecule has 0 aromatic heterocycles. The summed E-state index contributed by atoms with van der Waals surface area (Å²) in [5.74, 6) is -0.733. The molecule has 1 aliphatic rings. The van der Waals surface area contributed by atoms with E-state index in [1.54, 1.807) is 12.1 Å². The van der Waals surface area contributed by atoms with Crippen molar-refractivity contribution in [1.82, 2.24) is 10.6 Å². The van der Waals surface area contributed by atoms with Gasteiger partial charge in [0.25, 0.3) is 0 Å². The van der Waals surface area contributed by atoms with Gasteiger partial charge in [0, 0.05) is 31.0 Å². The van der Waals surface area contributed by atoms with Crippen LogP contribution in [0.2, 0.25) is 0 Å². The minimum Gasteiger partial charge on any atom is -0.497 e. The summed E-state index contributed by atoms with van der Waals surface area (Å²) in [7, 11) is 1.43. The van der Waals surface area contributed by atoms with Crippen LogP contribution in [0.5, 0.6) is 5.75 Å². The van der Waals surface area contributed by atoms with Crippen molar-refractivity contribution < 1.29 is 31.9 Å². The van der Waals surface area contributed by atoms with Crippen molar-refractivity contribution in [2.75, 3.05) is 7.11 Å². The largest absolute Gasteiger partial charge is 0.497 e. The van der Waals surface area contributed by atoms with Crippen LogP contribution < -0.4 is 15.4 Å². The van der Waals surface area contributed by atoms with E-state index in [9.17, 15) is 27.2 Å². The van der Waals surface area contributed by atoms with Crippen molar-refractivity contribution in [3.8, 4) is 5.75 Å². The SMILES string of the molecule is COc1ccc(C[C@]2(CCC(=O)NCc3ccccc3C(F)(F)F)CCC(=O)N2)c(F)c1. The van der Waals surface area contributed by atoms with Gasteiger partial charge in [-0.2, -0.15) is 13.2 Å².